The fourth-order valence-electron chi connectivity index (χ4n) is 2.10. The van der Waals surface area contributed by atoms with Crippen LogP contribution in [-0.4, -0.2) is 25.1 Å². The van der Waals surface area contributed by atoms with Crippen LogP contribution in [0.25, 0.3) is 0 Å². The zero-order chi connectivity index (χ0) is 13.8. The molecule has 1 heterocycles. The lowest BCUT2D eigenvalue weighted by atomic mass is 10.1. The molecule has 0 aromatic heterocycles. The molecule has 2 rings (SSSR count). The maximum absolute atomic E-state index is 12.1. The van der Waals surface area contributed by atoms with Gasteiger partial charge in [-0.2, -0.15) is 0 Å². The number of hydrogen-bond donors (Lipinski definition) is 2. The molecule has 1 aliphatic rings. The predicted octanol–water partition coefficient (Wildman–Crippen LogP) is 2.78. The third-order valence-electron chi connectivity index (χ3n) is 2.94. The number of benzene rings is 1. The van der Waals surface area contributed by atoms with Gasteiger partial charge < -0.3 is 15.4 Å². The number of halogens is 1. The second kappa shape index (κ2) is 6.39. The monoisotopic (exact) mass is 326 g/mol. The minimum atomic E-state index is 0.0634. The summed E-state index contributed by atoms with van der Waals surface area (Å²) in [7, 11) is 0. The second-order valence-corrected chi connectivity index (χ2v) is 5.94. The SMILES string of the molecule is CC(C)Oc1cc(Br)cc(NC(=O)[C@@H]2CCNC2)c1. The third kappa shape index (κ3) is 4.21. The predicted molar refractivity (Wildman–Crippen MR) is 79.5 cm³/mol. The van der Waals surface area contributed by atoms with Gasteiger partial charge in [0.15, 0.2) is 0 Å². The van der Waals surface area contributed by atoms with E-state index in [0.717, 1.165) is 35.4 Å². The van der Waals surface area contributed by atoms with Crippen LogP contribution in [0.1, 0.15) is 20.3 Å². The highest BCUT2D eigenvalue weighted by Crippen LogP contribution is 2.26. The van der Waals surface area contributed by atoms with Gasteiger partial charge in [0.25, 0.3) is 0 Å². The second-order valence-electron chi connectivity index (χ2n) is 5.02. The fraction of sp³-hybridized carbons (Fsp3) is 0.500. The summed E-state index contributed by atoms with van der Waals surface area (Å²) >= 11 is 3.43. The van der Waals surface area contributed by atoms with Crippen LogP contribution in [0.3, 0.4) is 0 Å². The molecule has 0 bridgehead atoms. The third-order valence-corrected chi connectivity index (χ3v) is 3.40. The van der Waals surface area contributed by atoms with Gasteiger partial charge in [-0.3, -0.25) is 4.79 Å². The maximum atomic E-state index is 12.1. The van der Waals surface area contributed by atoms with Crippen LogP contribution in [0.2, 0.25) is 0 Å². The summed E-state index contributed by atoms with van der Waals surface area (Å²) in [4.78, 5) is 12.1. The summed E-state index contributed by atoms with van der Waals surface area (Å²) in [5.41, 5.74) is 0.766. The highest BCUT2D eigenvalue weighted by atomic mass is 79.9. The van der Waals surface area contributed by atoms with E-state index in [1.807, 2.05) is 32.0 Å². The Kier molecular flexibility index (Phi) is 4.82. The molecular weight excluding hydrogens is 308 g/mol. The summed E-state index contributed by atoms with van der Waals surface area (Å²) in [5.74, 6) is 0.885. The van der Waals surface area contributed by atoms with Crippen molar-refractivity contribution >= 4 is 27.5 Å². The molecule has 1 saturated heterocycles. The van der Waals surface area contributed by atoms with Gasteiger partial charge in [0, 0.05) is 22.8 Å². The lowest BCUT2D eigenvalue weighted by Gasteiger charge is -2.14. The molecule has 5 heteroatoms. The Morgan fingerprint density at radius 1 is 1.47 bits per heavy atom. The molecule has 1 atom stereocenters. The number of nitrogens with one attached hydrogen (secondary N) is 2. The first-order valence-electron chi connectivity index (χ1n) is 6.53. The first-order chi connectivity index (χ1) is 9.04. The summed E-state index contributed by atoms with van der Waals surface area (Å²) in [6, 6.07) is 5.63. The zero-order valence-corrected chi connectivity index (χ0v) is 12.8. The van der Waals surface area contributed by atoms with Gasteiger partial charge in [0.2, 0.25) is 5.91 Å². The lowest BCUT2D eigenvalue weighted by Crippen LogP contribution is -2.24. The van der Waals surface area contributed by atoms with E-state index in [-0.39, 0.29) is 17.9 Å². The van der Waals surface area contributed by atoms with Crippen molar-refractivity contribution in [2.45, 2.75) is 26.4 Å². The molecule has 0 radical (unpaired) electrons. The molecule has 0 aliphatic carbocycles. The molecule has 1 fully saturated rings. The highest BCUT2D eigenvalue weighted by Gasteiger charge is 2.22. The van der Waals surface area contributed by atoms with Crippen molar-refractivity contribution in [3.63, 3.8) is 0 Å². The number of carbonyl (C=O) groups is 1. The van der Waals surface area contributed by atoms with E-state index < -0.39 is 0 Å². The number of carbonyl (C=O) groups excluding carboxylic acids is 1. The van der Waals surface area contributed by atoms with Gasteiger partial charge in [-0.1, -0.05) is 15.9 Å². The lowest BCUT2D eigenvalue weighted by molar-refractivity contribution is -0.119. The van der Waals surface area contributed by atoms with Gasteiger partial charge in [0.1, 0.15) is 5.75 Å². The van der Waals surface area contributed by atoms with Crippen LogP contribution in [0.4, 0.5) is 5.69 Å². The van der Waals surface area contributed by atoms with E-state index >= 15 is 0 Å². The Labute approximate surface area is 122 Å². The Balaban J connectivity index is 2.06. The molecule has 1 amide bonds. The molecule has 2 N–H and O–H groups in total. The van der Waals surface area contributed by atoms with Crippen molar-refractivity contribution in [3.05, 3.63) is 22.7 Å². The normalized spacial score (nSPS) is 18.6. The van der Waals surface area contributed by atoms with Gasteiger partial charge in [-0.15, -0.1) is 0 Å². The minimum absolute atomic E-state index is 0.0634. The molecule has 4 nitrogen and oxygen atoms in total. The van der Waals surface area contributed by atoms with E-state index in [1.165, 1.54) is 0 Å². The number of hydrogen-bond acceptors (Lipinski definition) is 3. The largest absolute Gasteiger partial charge is 0.491 e. The van der Waals surface area contributed by atoms with Crippen LogP contribution < -0.4 is 15.4 Å². The highest BCUT2D eigenvalue weighted by molar-refractivity contribution is 9.10. The molecule has 0 spiro atoms. The van der Waals surface area contributed by atoms with Crippen LogP contribution >= 0.6 is 15.9 Å². The molecule has 1 aromatic rings. The first kappa shape index (κ1) is 14.3. The number of amides is 1. The van der Waals surface area contributed by atoms with E-state index in [4.69, 9.17) is 4.74 Å². The van der Waals surface area contributed by atoms with Crippen LogP contribution in [-0.2, 0) is 4.79 Å². The number of anilines is 1. The summed E-state index contributed by atoms with van der Waals surface area (Å²) in [6.07, 6.45) is 1.01. The quantitative estimate of drug-likeness (QED) is 0.894. The fourth-order valence-corrected chi connectivity index (χ4v) is 2.57. The van der Waals surface area contributed by atoms with E-state index in [2.05, 4.69) is 26.6 Å². The summed E-state index contributed by atoms with van der Waals surface area (Å²) in [5, 5.41) is 6.14. The van der Waals surface area contributed by atoms with Crippen molar-refractivity contribution in [1.29, 1.82) is 0 Å². The summed E-state index contributed by atoms with van der Waals surface area (Å²) in [6.45, 7) is 5.63. The minimum Gasteiger partial charge on any atom is -0.491 e. The molecule has 19 heavy (non-hydrogen) atoms. The van der Waals surface area contributed by atoms with E-state index in [0.29, 0.717) is 0 Å². The van der Waals surface area contributed by atoms with Crippen LogP contribution in [0.15, 0.2) is 22.7 Å². The smallest absolute Gasteiger partial charge is 0.228 e. The molecule has 104 valence electrons. The Morgan fingerprint density at radius 2 is 2.26 bits per heavy atom. The van der Waals surface area contributed by atoms with Crippen molar-refractivity contribution in [2.24, 2.45) is 5.92 Å². The Morgan fingerprint density at radius 3 is 2.89 bits per heavy atom. The van der Waals surface area contributed by atoms with E-state index in [9.17, 15) is 4.79 Å². The Bertz CT molecular complexity index is 457. The zero-order valence-electron chi connectivity index (χ0n) is 11.2. The molecule has 1 aromatic carbocycles. The topological polar surface area (TPSA) is 50.4 Å². The average molecular weight is 327 g/mol. The van der Waals surface area contributed by atoms with Gasteiger partial charge in [-0.25, -0.2) is 0 Å². The van der Waals surface area contributed by atoms with Gasteiger partial charge >= 0.3 is 0 Å². The van der Waals surface area contributed by atoms with Crippen molar-refractivity contribution < 1.29 is 9.53 Å². The van der Waals surface area contributed by atoms with Crippen molar-refractivity contribution in [2.75, 3.05) is 18.4 Å². The van der Waals surface area contributed by atoms with Gasteiger partial charge in [-0.05, 0) is 38.9 Å². The number of rotatable bonds is 4. The molecule has 0 unspecified atom stereocenters. The van der Waals surface area contributed by atoms with Crippen LogP contribution in [0.5, 0.6) is 5.75 Å². The molecule has 1 aliphatic heterocycles. The maximum Gasteiger partial charge on any atom is 0.228 e. The standard InChI is InChI=1S/C14H19BrN2O2/c1-9(2)19-13-6-11(15)5-12(7-13)17-14(18)10-3-4-16-8-10/h5-7,9-10,16H,3-4,8H2,1-2H3,(H,17,18)/t10-/m1/s1. The van der Waals surface area contributed by atoms with Crippen LogP contribution in [0, 0.1) is 5.92 Å². The van der Waals surface area contributed by atoms with Crippen molar-refractivity contribution in [3.8, 4) is 5.75 Å². The van der Waals surface area contributed by atoms with E-state index in [1.54, 1.807) is 0 Å². The number of ether oxygens (including phenoxy) is 1. The van der Waals surface area contributed by atoms with Crippen molar-refractivity contribution in [1.82, 2.24) is 5.32 Å². The first-order valence-corrected chi connectivity index (χ1v) is 7.32. The Hall–Kier alpha value is -1.07. The molecule has 0 saturated carbocycles. The average Bonchev–Trinajstić information content (AvgIpc) is 2.79. The van der Waals surface area contributed by atoms with Gasteiger partial charge in [0.05, 0.1) is 12.0 Å². The molecular formula is C14H19BrN2O2. The summed E-state index contributed by atoms with van der Waals surface area (Å²) < 4.78 is 6.54.